The van der Waals surface area contributed by atoms with Crippen molar-refractivity contribution in [2.75, 3.05) is 19.8 Å². The van der Waals surface area contributed by atoms with Crippen molar-refractivity contribution in [3.63, 3.8) is 0 Å². The summed E-state index contributed by atoms with van der Waals surface area (Å²) in [5, 5.41) is 8.00. The van der Waals surface area contributed by atoms with Gasteiger partial charge in [-0.1, -0.05) is 6.08 Å². The van der Waals surface area contributed by atoms with Crippen molar-refractivity contribution in [1.82, 2.24) is 0 Å². The highest BCUT2D eigenvalue weighted by molar-refractivity contribution is 4.63. The molecule has 0 amide bonds. The summed E-state index contributed by atoms with van der Waals surface area (Å²) in [6, 6.07) is 0. The third-order valence-electron chi connectivity index (χ3n) is 0.741. The molecule has 0 saturated heterocycles. The van der Waals surface area contributed by atoms with Crippen molar-refractivity contribution in [2.45, 2.75) is 20.3 Å². The lowest BCUT2D eigenvalue weighted by molar-refractivity contribution is 0.162. The first-order chi connectivity index (χ1) is 4.83. The summed E-state index contributed by atoms with van der Waals surface area (Å²) in [5.41, 5.74) is 0. The van der Waals surface area contributed by atoms with Gasteiger partial charge in [0.25, 0.3) is 0 Å². The zero-order chi connectivity index (χ0) is 8.24. The molecule has 1 N–H and O–H groups in total. The van der Waals surface area contributed by atoms with Gasteiger partial charge in [0, 0.05) is 19.8 Å². The highest BCUT2D eigenvalue weighted by Gasteiger charge is 1.64. The fourth-order valence-electron chi connectivity index (χ4n) is 0.295. The summed E-state index contributed by atoms with van der Waals surface area (Å²) in [4.78, 5) is 0. The predicted molar refractivity (Wildman–Crippen MR) is 44.1 cm³/mol. The van der Waals surface area contributed by atoms with Crippen LogP contribution in [0.2, 0.25) is 0 Å². The second-order valence-corrected chi connectivity index (χ2v) is 1.58. The van der Waals surface area contributed by atoms with E-state index in [0.29, 0.717) is 6.42 Å². The molecule has 10 heavy (non-hydrogen) atoms. The molecule has 2 nitrogen and oxygen atoms in total. The van der Waals surface area contributed by atoms with Gasteiger partial charge in [-0.15, -0.1) is 6.58 Å². The maximum atomic E-state index is 8.00. The Morgan fingerprint density at radius 2 is 1.90 bits per heavy atom. The minimum absolute atomic E-state index is 0.226. The van der Waals surface area contributed by atoms with Gasteiger partial charge in [-0.3, -0.25) is 0 Å². The molecule has 0 heterocycles. The van der Waals surface area contributed by atoms with Gasteiger partial charge in [0.15, 0.2) is 0 Å². The van der Waals surface area contributed by atoms with E-state index in [4.69, 9.17) is 9.84 Å². The van der Waals surface area contributed by atoms with Crippen LogP contribution in [0.5, 0.6) is 0 Å². The summed E-state index contributed by atoms with van der Waals surface area (Å²) in [7, 11) is 0. The van der Waals surface area contributed by atoms with E-state index < -0.39 is 0 Å². The third kappa shape index (κ3) is 25.4. The van der Waals surface area contributed by atoms with Crippen LogP contribution in [0.25, 0.3) is 0 Å². The maximum absolute atomic E-state index is 8.00. The molecule has 0 radical (unpaired) electrons. The molecule has 62 valence electrons. The SMILES string of the molecule is C=CCCO.CCOCC. The Morgan fingerprint density at radius 3 is 1.90 bits per heavy atom. The first-order valence-corrected chi connectivity index (χ1v) is 3.62. The minimum Gasteiger partial charge on any atom is -0.396 e. The molecule has 0 fully saturated rings. The molecule has 0 aliphatic carbocycles. The van der Waals surface area contributed by atoms with Crippen molar-refractivity contribution >= 4 is 0 Å². The van der Waals surface area contributed by atoms with Crippen molar-refractivity contribution in [2.24, 2.45) is 0 Å². The van der Waals surface area contributed by atoms with Gasteiger partial charge >= 0.3 is 0 Å². The fourth-order valence-corrected chi connectivity index (χ4v) is 0.295. The Bertz CT molecular complexity index is 51.2. The Labute approximate surface area is 63.5 Å². The van der Waals surface area contributed by atoms with E-state index in [9.17, 15) is 0 Å². The van der Waals surface area contributed by atoms with E-state index in [0.717, 1.165) is 13.2 Å². The van der Waals surface area contributed by atoms with Crippen LogP contribution in [0.3, 0.4) is 0 Å². The summed E-state index contributed by atoms with van der Waals surface area (Å²) in [6.45, 7) is 9.28. The monoisotopic (exact) mass is 146 g/mol. The number of hydrogen-bond acceptors (Lipinski definition) is 2. The molecule has 0 aromatic carbocycles. The van der Waals surface area contributed by atoms with E-state index in [2.05, 4.69) is 6.58 Å². The van der Waals surface area contributed by atoms with Crippen LogP contribution < -0.4 is 0 Å². The summed E-state index contributed by atoms with van der Waals surface area (Å²) in [6.07, 6.45) is 2.39. The summed E-state index contributed by atoms with van der Waals surface area (Å²) < 4.78 is 4.83. The van der Waals surface area contributed by atoms with E-state index >= 15 is 0 Å². The first kappa shape index (κ1) is 12.3. The highest BCUT2D eigenvalue weighted by Crippen LogP contribution is 1.69. The minimum atomic E-state index is 0.226. The molecular weight excluding hydrogens is 128 g/mol. The summed E-state index contributed by atoms with van der Waals surface area (Å²) >= 11 is 0. The number of aliphatic hydroxyl groups excluding tert-OH is 1. The standard InChI is InChI=1S/C4H10O.C4H8O/c1-3-5-4-2;1-2-3-4-5/h3-4H2,1-2H3;2,5H,1,3-4H2. The van der Waals surface area contributed by atoms with Gasteiger partial charge in [0.05, 0.1) is 0 Å². The molecule has 0 aromatic rings. The molecule has 2 heteroatoms. The van der Waals surface area contributed by atoms with Crippen molar-refractivity contribution in [3.05, 3.63) is 12.7 Å². The molecule has 0 bridgehead atoms. The lowest BCUT2D eigenvalue weighted by atomic mass is 10.5. The Kier molecular flexibility index (Phi) is 19.6. The second kappa shape index (κ2) is 15.9. The van der Waals surface area contributed by atoms with E-state index in [-0.39, 0.29) is 6.61 Å². The van der Waals surface area contributed by atoms with E-state index in [1.54, 1.807) is 6.08 Å². The molecule has 0 rings (SSSR count). The van der Waals surface area contributed by atoms with Gasteiger partial charge in [-0.2, -0.15) is 0 Å². The topological polar surface area (TPSA) is 29.5 Å². The van der Waals surface area contributed by atoms with Gasteiger partial charge in [-0.25, -0.2) is 0 Å². The molecule has 0 spiro atoms. The normalized spacial score (nSPS) is 7.90. The zero-order valence-electron chi connectivity index (χ0n) is 6.97. The Morgan fingerprint density at radius 1 is 1.40 bits per heavy atom. The number of aliphatic hydroxyl groups is 1. The molecule has 0 aliphatic rings. The quantitative estimate of drug-likeness (QED) is 0.610. The average molecular weight is 146 g/mol. The molecule has 0 saturated carbocycles. The van der Waals surface area contributed by atoms with Crippen LogP contribution in [0.4, 0.5) is 0 Å². The van der Waals surface area contributed by atoms with Gasteiger partial charge in [0.1, 0.15) is 0 Å². The van der Waals surface area contributed by atoms with Crippen LogP contribution >= 0.6 is 0 Å². The molecule has 0 atom stereocenters. The van der Waals surface area contributed by atoms with E-state index in [1.165, 1.54) is 0 Å². The molecule has 0 unspecified atom stereocenters. The number of hydrogen-bond donors (Lipinski definition) is 1. The van der Waals surface area contributed by atoms with Crippen LogP contribution in [0.1, 0.15) is 20.3 Å². The Hall–Kier alpha value is -0.340. The van der Waals surface area contributed by atoms with Crippen molar-refractivity contribution < 1.29 is 9.84 Å². The number of rotatable bonds is 4. The predicted octanol–water partition coefficient (Wildman–Crippen LogP) is 1.60. The number of ether oxygens (including phenoxy) is 1. The highest BCUT2D eigenvalue weighted by atomic mass is 16.5. The van der Waals surface area contributed by atoms with E-state index in [1.807, 2.05) is 13.8 Å². The van der Waals surface area contributed by atoms with Gasteiger partial charge in [0.2, 0.25) is 0 Å². The Balaban J connectivity index is 0. The second-order valence-electron chi connectivity index (χ2n) is 1.58. The van der Waals surface area contributed by atoms with Gasteiger partial charge < -0.3 is 9.84 Å². The fraction of sp³-hybridized carbons (Fsp3) is 0.750. The lowest BCUT2D eigenvalue weighted by Gasteiger charge is -1.86. The lowest BCUT2D eigenvalue weighted by Crippen LogP contribution is -1.84. The van der Waals surface area contributed by atoms with Crippen LogP contribution in [0, 0.1) is 0 Å². The van der Waals surface area contributed by atoms with Crippen LogP contribution in [-0.2, 0) is 4.74 Å². The molecule has 0 aromatic heterocycles. The first-order valence-electron chi connectivity index (χ1n) is 3.62. The van der Waals surface area contributed by atoms with Crippen molar-refractivity contribution in [1.29, 1.82) is 0 Å². The largest absolute Gasteiger partial charge is 0.396 e. The van der Waals surface area contributed by atoms with Crippen molar-refractivity contribution in [3.8, 4) is 0 Å². The molecule has 0 aliphatic heterocycles. The van der Waals surface area contributed by atoms with Gasteiger partial charge in [-0.05, 0) is 20.3 Å². The molecular formula is C8H18O2. The van der Waals surface area contributed by atoms with Crippen LogP contribution in [0.15, 0.2) is 12.7 Å². The summed E-state index contributed by atoms with van der Waals surface area (Å²) in [5.74, 6) is 0. The third-order valence-corrected chi connectivity index (χ3v) is 0.741. The van der Waals surface area contributed by atoms with Crippen LogP contribution in [-0.4, -0.2) is 24.9 Å². The smallest absolute Gasteiger partial charge is 0.0465 e. The maximum Gasteiger partial charge on any atom is 0.0465 e. The average Bonchev–Trinajstić information content (AvgIpc) is 1.93. The zero-order valence-corrected chi connectivity index (χ0v) is 6.97.